The van der Waals surface area contributed by atoms with E-state index >= 15 is 0 Å². The molecule has 0 saturated heterocycles. The van der Waals surface area contributed by atoms with Gasteiger partial charge in [0.1, 0.15) is 6.10 Å². The van der Waals surface area contributed by atoms with Crippen LogP contribution in [0.1, 0.15) is 142 Å². The molecule has 0 amide bonds. The lowest BCUT2D eigenvalue weighted by Crippen LogP contribution is -2.47. The molecule has 0 rings (SSSR count). The van der Waals surface area contributed by atoms with Gasteiger partial charge in [0, 0.05) is 20.1 Å². The van der Waals surface area contributed by atoms with E-state index in [0.29, 0.717) is 24.1 Å². The second-order valence-corrected chi connectivity index (χ2v) is 14.8. The third-order valence-electron chi connectivity index (χ3n) is 7.84. The molecule has 0 saturated carbocycles. The Morgan fingerprint density at radius 3 is 1.55 bits per heavy atom. The molecule has 0 aromatic rings. The number of quaternary nitrogens is 1. The zero-order chi connectivity index (χ0) is 31.4. The van der Waals surface area contributed by atoms with Gasteiger partial charge in [-0.3, -0.25) is 0 Å². The van der Waals surface area contributed by atoms with Gasteiger partial charge in [-0.1, -0.05) is 95.9 Å². The fourth-order valence-electron chi connectivity index (χ4n) is 5.11. The summed E-state index contributed by atoms with van der Waals surface area (Å²) in [4.78, 5) is 12.8. The fourth-order valence-corrected chi connectivity index (χ4v) is 7.08. The number of hydrogen-bond acceptors (Lipinski definition) is 5. The largest absolute Gasteiger partial charge is 0.774 e. The lowest BCUT2D eigenvalue weighted by molar-refractivity contribution is -0.884. The number of ether oxygens (including phenoxy) is 2. The van der Waals surface area contributed by atoms with Crippen LogP contribution in [0.5, 0.6) is 0 Å². The predicted octanol–water partition coefficient (Wildman–Crippen LogP) is 9.57. The van der Waals surface area contributed by atoms with Crippen molar-refractivity contribution in [3.8, 4) is 0 Å². The maximum atomic E-state index is 12.8. The summed E-state index contributed by atoms with van der Waals surface area (Å²) in [5.74, 6) is -0.558. The highest BCUT2D eigenvalue weighted by Gasteiger charge is 2.35. The molecule has 42 heavy (non-hydrogen) atoms. The molecular formula is C35H70NO5P. The molecule has 0 aromatic carbocycles. The molecule has 0 aliphatic heterocycles. The standard InChI is InChI=1S/C35H70NO5P/c1-7-9-10-11-12-13-14-15-16-17-18-19-20-21-22-23-24-25-26-27-28-29-31-40-32-34(39-6)33-41-42(37,38)35(30-8-2)36(3,4)5/h12-13,24-25,34-35H,7-11,14-23,26-33H2,1-6H3/b13-12-,25-24-/t34-,35?/m1/s1. The number of methoxy groups -OCH3 is 1. The molecular weight excluding hydrogens is 545 g/mol. The molecule has 0 fully saturated rings. The third-order valence-corrected chi connectivity index (χ3v) is 10.0. The molecule has 0 bridgehead atoms. The molecule has 3 atom stereocenters. The van der Waals surface area contributed by atoms with Crippen molar-refractivity contribution in [3.05, 3.63) is 24.3 Å². The van der Waals surface area contributed by atoms with Gasteiger partial charge in [0.25, 0.3) is 0 Å². The van der Waals surface area contributed by atoms with Crippen molar-refractivity contribution in [1.29, 1.82) is 0 Å². The van der Waals surface area contributed by atoms with Crippen molar-refractivity contribution in [2.75, 3.05) is 48.1 Å². The SMILES string of the molecule is CCCCC/C=C\CCCCCCCCCC/C=C\CCCCCOC[C@H](COP(=O)([O-])C(CCC)[N+](C)(C)C)OC. The monoisotopic (exact) mass is 615 g/mol. The van der Waals surface area contributed by atoms with Crippen molar-refractivity contribution in [1.82, 2.24) is 0 Å². The molecule has 0 spiro atoms. The van der Waals surface area contributed by atoms with Crippen molar-refractivity contribution >= 4 is 7.60 Å². The Hall–Kier alpha value is -0.490. The average molecular weight is 616 g/mol. The first-order chi connectivity index (χ1) is 20.2. The van der Waals surface area contributed by atoms with Crippen molar-refractivity contribution < 1.29 is 27.9 Å². The van der Waals surface area contributed by atoms with Gasteiger partial charge < -0.3 is 27.9 Å². The van der Waals surface area contributed by atoms with E-state index in [9.17, 15) is 9.46 Å². The van der Waals surface area contributed by atoms with Gasteiger partial charge in [-0.25, -0.2) is 0 Å². The Kier molecular flexibility index (Phi) is 27.7. The van der Waals surface area contributed by atoms with Crippen LogP contribution in [-0.2, 0) is 18.6 Å². The Bertz CT molecular complexity index is 691. The number of rotatable bonds is 31. The molecule has 7 heteroatoms. The topological polar surface area (TPSA) is 67.8 Å². The Balaban J connectivity index is 3.63. The van der Waals surface area contributed by atoms with Crippen LogP contribution in [0.4, 0.5) is 0 Å². The van der Waals surface area contributed by atoms with Crippen LogP contribution in [0.15, 0.2) is 24.3 Å². The minimum absolute atomic E-state index is 0.000347. The Morgan fingerprint density at radius 2 is 1.12 bits per heavy atom. The van der Waals surface area contributed by atoms with Crippen LogP contribution < -0.4 is 4.89 Å². The Morgan fingerprint density at radius 1 is 0.667 bits per heavy atom. The van der Waals surface area contributed by atoms with Crippen molar-refractivity contribution in [2.24, 2.45) is 0 Å². The van der Waals surface area contributed by atoms with Crippen LogP contribution in [0.2, 0.25) is 0 Å². The average Bonchev–Trinajstić information content (AvgIpc) is 2.94. The maximum Gasteiger partial charge on any atom is 0.193 e. The van der Waals surface area contributed by atoms with Crippen LogP contribution in [0.3, 0.4) is 0 Å². The highest BCUT2D eigenvalue weighted by Crippen LogP contribution is 2.48. The summed E-state index contributed by atoms with van der Waals surface area (Å²) in [6.45, 7) is 5.26. The zero-order valence-corrected chi connectivity index (χ0v) is 29.6. The summed E-state index contributed by atoms with van der Waals surface area (Å²) in [6, 6.07) is 0. The fraction of sp³-hybridized carbons (Fsp3) is 0.886. The summed E-state index contributed by atoms with van der Waals surface area (Å²) in [6.07, 6.45) is 33.7. The van der Waals surface area contributed by atoms with E-state index in [1.54, 1.807) is 7.11 Å². The van der Waals surface area contributed by atoms with E-state index < -0.39 is 13.4 Å². The van der Waals surface area contributed by atoms with Gasteiger partial charge in [-0.05, 0) is 64.2 Å². The summed E-state index contributed by atoms with van der Waals surface area (Å²) in [5, 5.41) is 0. The normalized spacial score (nSPS) is 15.5. The molecule has 0 aromatic heterocycles. The molecule has 0 aliphatic carbocycles. The van der Waals surface area contributed by atoms with Crippen LogP contribution in [0, 0.1) is 0 Å². The second-order valence-electron chi connectivity index (χ2n) is 12.8. The number of unbranched alkanes of at least 4 members (excludes halogenated alkanes) is 15. The highest BCUT2D eigenvalue weighted by atomic mass is 31.2. The number of nitrogens with zero attached hydrogens (tertiary/aromatic N) is 1. The molecule has 250 valence electrons. The smallest absolute Gasteiger partial charge is 0.193 e. The van der Waals surface area contributed by atoms with Gasteiger partial charge in [-0.2, -0.15) is 0 Å². The first-order valence-corrected chi connectivity index (χ1v) is 19.0. The molecule has 0 heterocycles. The molecule has 0 radical (unpaired) electrons. The summed E-state index contributed by atoms with van der Waals surface area (Å²) < 4.78 is 29.6. The van der Waals surface area contributed by atoms with Gasteiger partial charge in [0.05, 0.1) is 34.4 Å². The molecule has 0 N–H and O–H groups in total. The predicted molar refractivity (Wildman–Crippen MR) is 179 cm³/mol. The van der Waals surface area contributed by atoms with E-state index in [-0.39, 0.29) is 12.7 Å². The summed E-state index contributed by atoms with van der Waals surface area (Å²) >= 11 is 0. The Labute approximate surface area is 261 Å². The van der Waals surface area contributed by atoms with E-state index in [4.69, 9.17) is 14.0 Å². The number of allylic oxidation sites excluding steroid dienone is 4. The molecule has 6 nitrogen and oxygen atoms in total. The lowest BCUT2D eigenvalue weighted by Gasteiger charge is -2.41. The van der Waals surface area contributed by atoms with Gasteiger partial charge in [0.2, 0.25) is 0 Å². The first kappa shape index (κ1) is 41.5. The second kappa shape index (κ2) is 28.0. The van der Waals surface area contributed by atoms with Crippen LogP contribution in [0.25, 0.3) is 0 Å². The van der Waals surface area contributed by atoms with E-state index in [1.165, 1.54) is 96.3 Å². The summed E-state index contributed by atoms with van der Waals surface area (Å²) in [7, 11) is 3.23. The lowest BCUT2D eigenvalue weighted by atomic mass is 10.1. The van der Waals surface area contributed by atoms with E-state index in [0.717, 1.165) is 25.7 Å². The summed E-state index contributed by atoms with van der Waals surface area (Å²) in [5.41, 5.74) is 0. The van der Waals surface area contributed by atoms with Crippen molar-refractivity contribution in [2.45, 2.75) is 154 Å². The number of hydrogen-bond donors (Lipinski definition) is 0. The maximum absolute atomic E-state index is 12.8. The first-order valence-electron chi connectivity index (χ1n) is 17.4. The van der Waals surface area contributed by atoms with Gasteiger partial charge >= 0.3 is 0 Å². The molecule has 2 unspecified atom stereocenters. The quantitative estimate of drug-likeness (QED) is 0.0336. The van der Waals surface area contributed by atoms with Gasteiger partial charge in [-0.15, -0.1) is 0 Å². The van der Waals surface area contributed by atoms with Crippen LogP contribution >= 0.6 is 7.60 Å². The van der Waals surface area contributed by atoms with E-state index in [2.05, 4.69) is 31.2 Å². The minimum atomic E-state index is -4.01. The third kappa shape index (κ3) is 24.9. The highest BCUT2D eigenvalue weighted by molar-refractivity contribution is 7.51. The van der Waals surface area contributed by atoms with Crippen molar-refractivity contribution in [3.63, 3.8) is 0 Å². The minimum Gasteiger partial charge on any atom is -0.774 e. The van der Waals surface area contributed by atoms with E-state index in [1.807, 2.05) is 28.1 Å². The molecule has 0 aliphatic rings. The van der Waals surface area contributed by atoms with Crippen LogP contribution in [-0.4, -0.2) is 64.4 Å². The zero-order valence-electron chi connectivity index (χ0n) is 28.7. The van der Waals surface area contributed by atoms with Gasteiger partial charge in [0.15, 0.2) is 13.4 Å².